The Morgan fingerprint density at radius 3 is 2.65 bits per heavy atom. The highest BCUT2D eigenvalue weighted by Crippen LogP contribution is 2.34. The van der Waals surface area contributed by atoms with E-state index in [4.69, 9.17) is 14.9 Å². The lowest BCUT2D eigenvalue weighted by atomic mass is 10.1. The van der Waals surface area contributed by atoms with Gasteiger partial charge in [0.15, 0.2) is 5.82 Å². The van der Waals surface area contributed by atoms with Crippen molar-refractivity contribution in [2.24, 2.45) is 5.73 Å². The van der Waals surface area contributed by atoms with Gasteiger partial charge in [0, 0.05) is 17.1 Å². The van der Waals surface area contributed by atoms with Crippen molar-refractivity contribution in [2.75, 3.05) is 7.11 Å². The average molecular weight is 350 g/mol. The van der Waals surface area contributed by atoms with E-state index in [0.717, 1.165) is 5.39 Å². The molecular formula is C18H14N4O4. The number of ether oxygens (including phenoxy) is 1. The first-order valence-corrected chi connectivity index (χ1v) is 7.68. The van der Waals surface area contributed by atoms with Gasteiger partial charge in [-0.25, -0.2) is 0 Å². The third kappa shape index (κ3) is 2.44. The normalized spacial score (nSPS) is 11.0. The number of aromatic nitrogens is 3. The zero-order valence-electron chi connectivity index (χ0n) is 13.7. The standard InChI is InChI=1S/C18H14N4O4/c1-25-12-4-2-11(3-5-12)22-17(20-21-18(22)16(19)24)13-8-10-6-7-26-15(10)9-14(13)23/h2-9,23H,1H3,(H2,19,24). The van der Waals surface area contributed by atoms with Gasteiger partial charge in [0.05, 0.1) is 18.9 Å². The SMILES string of the molecule is COc1ccc(-n2c(C(N)=O)nnc2-c2cc3ccoc3cc2O)cc1. The van der Waals surface area contributed by atoms with E-state index < -0.39 is 5.91 Å². The van der Waals surface area contributed by atoms with E-state index in [1.165, 1.54) is 16.9 Å². The number of aromatic hydroxyl groups is 1. The van der Waals surface area contributed by atoms with Crippen molar-refractivity contribution in [3.05, 3.63) is 54.6 Å². The number of hydrogen-bond donors (Lipinski definition) is 2. The molecule has 2 heterocycles. The van der Waals surface area contributed by atoms with E-state index in [9.17, 15) is 9.90 Å². The van der Waals surface area contributed by atoms with Gasteiger partial charge in [-0.3, -0.25) is 9.36 Å². The van der Waals surface area contributed by atoms with Crippen LogP contribution in [-0.2, 0) is 0 Å². The average Bonchev–Trinajstić information content (AvgIpc) is 3.27. The first-order chi connectivity index (χ1) is 12.6. The maximum absolute atomic E-state index is 11.8. The molecule has 26 heavy (non-hydrogen) atoms. The number of nitrogens with two attached hydrogens (primary N) is 1. The fourth-order valence-corrected chi connectivity index (χ4v) is 2.77. The molecule has 2 aromatic heterocycles. The lowest BCUT2D eigenvalue weighted by molar-refractivity contribution is 0.0988. The highest BCUT2D eigenvalue weighted by molar-refractivity contribution is 5.92. The number of furan rings is 1. The molecule has 0 saturated carbocycles. The van der Waals surface area contributed by atoms with Crippen LogP contribution in [0.5, 0.6) is 11.5 Å². The van der Waals surface area contributed by atoms with Crippen molar-refractivity contribution in [1.82, 2.24) is 14.8 Å². The topological polar surface area (TPSA) is 116 Å². The van der Waals surface area contributed by atoms with Crippen molar-refractivity contribution in [3.63, 3.8) is 0 Å². The number of rotatable bonds is 4. The van der Waals surface area contributed by atoms with E-state index in [0.29, 0.717) is 22.6 Å². The molecule has 8 heteroatoms. The number of carbonyl (C=O) groups excluding carboxylic acids is 1. The molecule has 0 atom stereocenters. The zero-order valence-corrected chi connectivity index (χ0v) is 13.7. The van der Waals surface area contributed by atoms with Crippen LogP contribution in [0.15, 0.2) is 53.1 Å². The smallest absolute Gasteiger partial charge is 0.287 e. The second-order valence-corrected chi connectivity index (χ2v) is 5.57. The predicted molar refractivity (Wildman–Crippen MR) is 93.3 cm³/mol. The number of primary amides is 1. The molecule has 4 aromatic rings. The Balaban J connectivity index is 1.96. The highest BCUT2D eigenvalue weighted by atomic mass is 16.5. The summed E-state index contributed by atoms with van der Waals surface area (Å²) in [5.41, 5.74) is 6.99. The minimum Gasteiger partial charge on any atom is -0.507 e. The molecule has 2 aromatic carbocycles. The van der Waals surface area contributed by atoms with Crippen molar-refractivity contribution < 1.29 is 19.1 Å². The predicted octanol–water partition coefficient (Wildman–Crippen LogP) is 2.49. The summed E-state index contributed by atoms with van der Waals surface area (Å²) in [6, 6.07) is 11.9. The molecule has 0 spiro atoms. The van der Waals surface area contributed by atoms with Gasteiger partial charge in [-0.2, -0.15) is 0 Å². The second kappa shape index (κ2) is 5.92. The summed E-state index contributed by atoms with van der Waals surface area (Å²) in [6.45, 7) is 0. The minimum atomic E-state index is -0.733. The Labute approximate surface area is 147 Å². The molecule has 3 N–H and O–H groups in total. The van der Waals surface area contributed by atoms with Crippen LogP contribution in [0.2, 0.25) is 0 Å². The summed E-state index contributed by atoms with van der Waals surface area (Å²) in [4.78, 5) is 11.8. The molecule has 0 saturated heterocycles. The second-order valence-electron chi connectivity index (χ2n) is 5.57. The van der Waals surface area contributed by atoms with E-state index in [1.54, 1.807) is 43.5 Å². The van der Waals surface area contributed by atoms with Gasteiger partial charge in [0.2, 0.25) is 5.82 Å². The van der Waals surface area contributed by atoms with E-state index in [1.807, 2.05) is 0 Å². The number of amides is 1. The maximum atomic E-state index is 11.8. The monoisotopic (exact) mass is 350 g/mol. The molecular weight excluding hydrogens is 336 g/mol. The van der Waals surface area contributed by atoms with E-state index in [2.05, 4.69) is 10.2 Å². The number of carbonyl (C=O) groups is 1. The van der Waals surface area contributed by atoms with Crippen molar-refractivity contribution >= 4 is 16.9 Å². The van der Waals surface area contributed by atoms with Crippen LogP contribution in [0.4, 0.5) is 0 Å². The van der Waals surface area contributed by atoms with Crippen LogP contribution in [0, 0.1) is 0 Å². The molecule has 0 bridgehead atoms. The summed E-state index contributed by atoms with van der Waals surface area (Å²) < 4.78 is 11.9. The molecule has 1 amide bonds. The third-order valence-electron chi connectivity index (χ3n) is 4.03. The Hall–Kier alpha value is -3.81. The van der Waals surface area contributed by atoms with Crippen LogP contribution in [0.25, 0.3) is 28.0 Å². The fraction of sp³-hybridized carbons (Fsp3) is 0.0556. The van der Waals surface area contributed by atoms with Crippen LogP contribution < -0.4 is 10.5 Å². The van der Waals surface area contributed by atoms with Gasteiger partial charge < -0.3 is 20.0 Å². The maximum Gasteiger partial charge on any atom is 0.287 e. The van der Waals surface area contributed by atoms with Gasteiger partial charge in [-0.15, -0.1) is 10.2 Å². The molecule has 0 radical (unpaired) electrons. The first kappa shape index (κ1) is 15.7. The van der Waals surface area contributed by atoms with Crippen LogP contribution in [-0.4, -0.2) is 32.9 Å². The zero-order chi connectivity index (χ0) is 18.3. The highest BCUT2D eigenvalue weighted by Gasteiger charge is 2.22. The number of nitrogens with zero attached hydrogens (tertiary/aromatic N) is 3. The largest absolute Gasteiger partial charge is 0.507 e. The fourth-order valence-electron chi connectivity index (χ4n) is 2.77. The van der Waals surface area contributed by atoms with E-state index in [-0.39, 0.29) is 17.4 Å². The third-order valence-corrected chi connectivity index (χ3v) is 4.03. The number of hydrogen-bond acceptors (Lipinski definition) is 6. The molecule has 130 valence electrons. The molecule has 0 aliphatic rings. The number of phenolic OH excluding ortho intramolecular Hbond substituents is 1. The summed E-state index contributed by atoms with van der Waals surface area (Å²) in [7, 11) is 1.56. The van der Waals surface area contributed by atoms with Gasteiger partial charge >= 0.3 is 0 Å². The lowest BCUT2D eigenvalue weighted by Gasteiger charge is -2.11. The quantitative estimate of drug-likeness (QED) is 0.584. The summed E-state index contributed by atoms with van der Waals surface area (Å²) >= 11 is 0. The van der Waals surface area contributed by atoms with Gasteiger partial charge in [0.1, 0.15) is 17.1 Å². The molecule has 4 rings (SSSR count). The van der Waals surface area contributed by atoms with Gasteiger partial charge in [-0.1, -0.05) is 0 Å². The van der Waals surface area contributed by atoms with Crippen LogP contribution in [0.1, 0.15) is 10.6 Å². The Kier molecular flexibility index (Phi) is 3.58. The number of methoxy groups -OCH3 is 1. The Morgan fingerprint density at radius 2 is 1.96 bits per heavy atom. The molecule has 0 fully saturated rings. The minimum absolute atomic E-state index is 0.0446. The number of benzene rings is 2. The number of phenols is 1. The summed E-state index contributed by atoms with van der Waals surface area (Å²) in [5.74, 6) is 0.113. The van der Waals surface area contributed by atoms with Gasteiger partial charge in [0.25, 0.3) is 5.91 Å². The summed E-state index contributed by atoms with van der Waals surface area (Å²) in [5, 5.41) is 19.1. The Morgan fingerprint density at radius 1 is 1.19 bits per heavy atom. The van der Waals surface area contributed by atoms with Gasteiger partial charge in [-0.05, 0) is 36.4 Å². The molecule has 0 aliphatic heterocycles. The van der Waals surface area contributed by atoms with Crippen molar-refractivity contribution in [2.45, 2.75) is 0 Å². The van der Waals surface area contributed by atoms with Crippen LogP contribution >= 0.6 is 0 Å². The molecule has 8 nitrogen and oxygen atoms in total. The van der Waals surface area contributed by atoms with Crippen LogP contribution in [0.3, 0.4) is 0 Å². The Bertz CT molecular complexity index is 1110. The lowest BCUT2D eigenvalue weighted by Crippen LogP contribution is -2.17. The molecule has 0 aliphatic carbocycles. The van der Waals surface area contributed by atoms with Crippen molar-refractivity contribution in [1.29, 1.82) is 0 Å². The first-order valence-electron chi connectivity index (χ1n) is 7.68. The molecule has 0 unspecified atom stereocenters. The summed E-state index contributed by atoms with van der Waals surface area (Å²) in [6.07, 6.45) is 1.52. The number of fused-ring (bicyclic) bond motifs is 1. The van der Waals surface area contributed by atoms with Crippen molar-refractivity contribution in [3.8, 4) is 28.6 Å². The van der Waals surface area contributed by atoms with E-state index >= 15 is 0 Å².